The van der Waals surface area contributed by atoms with Crippen molar-refractivity contribution in [2.75, 3.05) is 17.6 Å². The third-order valence-corrected chi connectivity index (χ3v) is 3.58. The van der Waals surface area contributed by atoms with Crippen LogP contribution in [-0.4, -0.2) is 30.7 Å². The molecule has 2 aromatic rings. The molecule has 106 valence electrons. The van der Waals surface area contributed by atoms with E-state index in [1.807, 2.05) is 0 Å². The summed E-state index contributed by atoms with van der Waals surface area (Å²) in [6, 6.07) is 1.86. The lowest BCUT2D eigenvalue weighted by Crippen LogP contribution is -2.16. The van der Waals surface area contributed by atoms with Gasteiger partial charge in [0.1, 0.15) is 0 Å². The number of rotatable bonds is 4. The fourth-order valence-electron chi connectivity index (χ4n) is 1.43. The van der Waals surface area contributed by atoms with Gasteiger partial charge in [0.25, 0.3) is 16.0 Å². The monoisotopic (exact) mass is 299 g/mol. The number of benzene rings is 1. The molecule has 0 aliphatic heterocycles. The molecule has 1 aromatic heterocycles. The molecule has 8 nitrogen and oxygen atoms in total. The number of halogens is 1. The zero-order valence-electron chi connectivity index (χ0n) is 10.2. The number of methoxy groups -OCH3 is 1. The Kier molecular flexibility index (Phi) is 3.66. The Bertz CT molecular complexity index is 700. The molecular formula is C10H10FN5O3S. The van der Waals surface area contributed by atoms with Gasteiger partial charge in [0.05, 0.1) is 30.1 Å². The van der Waals surface area contributed by atoms with E-state index < -0.39 is 15.8 Å². The van der Waals surface area contributed by atoms with Crippen LogP contribution in [0, 0.1) is 5.82 Å². The second-order valence-electron chi connectivity index (χ2n) is 3.60. The topological polar surface area (TPSA) is 120 Å². The van der Waals surface area contributed by atoms with E-state index in [9.17, 15) is 12.8 Å². The van der Waals surface area contributed by atoms with Crippen molar-refractivity contribution in [1.29, 1.82) is 0 Å². The molecule has 3 N–H and O–H groups in total. The van der Waals surface area contributed by atoms with Crippen molar-refractivity contribution in [2.24, 2.45) is 0 Å². The summed E-state index contributed by atoms with van der Waals surface area (Å²) >= 11 is 0. The Morgan fingerprint density at radius 2 is 2.10 bits per heavy atom. The lowest BCUT2D eigenvalue weighted by atomic mass is 10.3. The minimum atomic E-state index is -4.07. The highest BCUT2D eigenvalue weighted by molar-refractivity contribution is 7.92. The number of nitrogen functional groups attached to an aromatic ring is 1. The van der Waals surface area contributed by atoms with Gasteiger partial charge < -0.3 is 10.5 Å². The van der Waals surface area contributed by atoms with Crippen LogP contribution >= 0.6 is 0 Å². The van der Waals surface area contributed by atoms with Gasteiger partial charge in [-0.3, -0.25) is 0 Å². The zero-order valence-corrected chi connectivity index (χ0v) is 11.1. The van der Waals surface area contributed by atoms with E-state index in [2.05, 4.69) is 19.9 Å². The summed E-state index contributed by atoms with van der Waals surface area (Å²) in [5, 5.41) is 6.93. The molecule has 0 unspecified atom stereocenters. The number of sulfonamides is 1. The maximum absolute atomic E-state index is 13.6. The van der Waals surface area contributed by atoms with Crippen LogP contribution in [0.1, 0.15) is 0 Å². The molecule has 0 amide bonds. The van der Waals surface area contributed by atoms with Crippen molar-refractivity contribution >= 4 is 21.7 Å². The highest BCUT2D eigenvalue weighted by atomic mass is 32.2. The number of nitrogens with zero attached hydrogens (tertiary/aromatic N) is 3. The highest BCUT2D eigenvalue weighted by Gasteiger charge is 2.20. The van der Waals surface area contributed by atoms with Crippen LogP contribution in [0.25, 0.3) is 0 Å². The molecule has 0 fully saturated rings. The summed E-state index contributed by atoms with van der Waals surface area (Å²) in [6.07, 6.45) is 2.54. The summed E-state index contributed by atoms with van der Waals surface area (Å²) in [4.78, 5) is 3.28. The molecular weight excluding hydrogens is 289 g/mol. The second kappa shape index (κ2) is 5.25. The SMILES string of the molecule is COc1c(N)cc(S(=O)(=O)Nc2nccnn2)cc1F. The first-order valence-electron chi connectivity index (χ1n) is 5.23. The number of hydrogen-bond acceptors (Lipinski definition) is 7. The van der Waals surface area contributed by atoms with Gasteiger partial charge >= 0.3 is 0 Å². The maximum atomic E-state index is 13.6. The van der Waals surface area contributed by atoms with Gasteiger partial charge in [-0.15, -0.1) is 5.10 Å². The fraction of sp³-hybridized carbons (Fsp3) is 0.100. The average molecular weight is 299 g/mol. The molecule has 10 heteroatoms. The van der Waals surface area contributed by atoms with Crippen LogP contribution in [0.3, 0.4) is 0 Å². The quantitative estimate of drug-likeness (QED) is 0.784. The minimum Gasteiger partial charge on any atom is -0.492 e. The summed E-state index contributed by atoms with van der Waals surface area (Å²) in [5.41, 5.74) is 5.38. The molecule has 0 atom stereocenters. The van der Waals surface area contributed by atoms with Crippen LogP contribution in [0.2, 0.25) is 0 Å². The average Bonchev–Trinajstić information content (AvgIpc) is 2.39. The van der Waals surface area contributed by atoms with Crippen molar-refractivity contribution in [2.45, 2.75) is 4.90 Å². The molecule has 0 saturated carbocycles. The van der Waals surface area contributed by atoms with E-state index in [4.69, 9.17) is 10.5 Å². The lowest BCUT2D eigenvalue weighted by molar-refractivity contribution is 0.388. The van der Waals surface area contributed by atoms with E-state index >= 15 is 0 Å². The normalized spacial score (nSPS) is 11.1. The first-order valence-corrected chi connectivity index (χ1v) is 6.72. The number of anilines is 2. The second-order valence-corrected chi connectivity index (χ2v) is 5.28. The Labute approximate surface area is 113 Å². The van der Waals surface area contributed by atoms with Gasteiger partial charge in [0.2, 0.25) is 0 Å². The molecule has 0 bridgehead atoms. The Balaban J connectivity index is 2.40. The number of nitrogens with two attached hydrogens (primary N) is 1. The van der Waals surface area contributed by atoms with Gasteiger partial charge in [-0.2, -0.15) is 5.10 Å². The van der Waals surface area contributed by atoms with Crippen LogP contribution < -0.4 is 15.2 Å². The molecule has 0 spiro atoms. The van der Waals surface area contributed by atoms with Crippen LogP contribution in [0.15, 0.2) is 29.4 Å². The van der Waals surface area contributed by atoms with Gasteiger partial charge in [0, 0.05) is 0 Å². The third kappa shape index (κ3) is 2.74. The summed E-state index contributed by atoms with van der Waals surface area (Å²) in [5.74, 6) is -1.34. The summed E-state index contributed by atoms with van der Waals surface area (Å²) < 4.78 is 44.4. The Morgan fingerprint density at radius 1 is 1.35 bits per heavy atom. The highest BCUT2D eigenvalue weighted by Crippen LogP contribution is 2.28. The van der Waals surface area contributed by atoms with Crippen LogP contribution in [-0.2, 0) is 10.0 Å². The third-order valence-electron chi connectivity index (χ3n) is 2.27. The fourth-order valence-corrected chi connectivity index (χ4v) is 2.43. The number of nitrogens with one attached hydrogen (secondary N) is 1. The first kappa shape index (κ1) is 13.9. The molecule has 0 radical (unpaired) electrons. The minimum absolute atomic E-state index is 0.139. The molecule has 0 aliphatic carbocycles. The molecule has 1 aromatic carbocycles. The number of hydrogen-bond donors (Lipinski definition) is 2. The predicted molar refractivity (Wildman–Crippen MR) is 68.0 cm³/mol. The number of aromatic nitrogens is 3. The number of ether oxygens (including phenoxy) is 1. The summed E-state index contributed by atoms with van der Waals surface area (Å²) in [7, 11) is -2.85. The summed E-state index contributed by atoms with van der Waals surface area (Å²) in [6.45, 7) is 0. The molecule has 2 rings (SSSR count). The molecule has 0 aliphatic rings. The van der Waals surface area contributed by atoms with E-state index in [1.54, 1.807) is 0 Å². The van der Waals surface area contributed by atoms with Crippen molar-refractivity contribution in [1.82, 2.24) is 15.2 Å². The zero-order chi connectivity index (χ0) is 14.8. The largest absolute Gasteiger partial charge is 0.492 e. The van der Waals surface area contributed by atoms with E-state index in [0.717, 1.165) is 12.1 Å². The molecule has 0 saturated heterocycles. The van der Waals surface area contributed by atoms with Gasteiger partial charge in [-0.1, -0.05) is 0 Å². The van der Waals surface area contributed by atoms with Crippen molar-refractivity contribution in [3.63, 3.8) is 0 Å². The Morgan fingerprint density at radius 3 is 2.65 bits per heavy atom. The van der Waals surface area contributed by atoms with Crippen molar-refractivity contribution in [3.05, 3.63) is 30.3 Å². The van der Waals surface area contributed by atoms with Crippen LogP contribution in [0.5, 0.6) is 5.75 Å². The van der Waals surface area contributed by atoms with E-state index in [1.165, 1.54) is 19.5 Å². The van der Waals surface area contributed by atoms with Crippen LogP contribution in [0.4, 0.5) is 16.0 Å². The molecule has 20 heavy (non-hydrogen) atoms. The van der Waals surface area contributed by atoms with E-state index in [0.29, 0.717) is 0 Å². The standard InChI is InChI=1S/C10H10FN5O3S/c1-19-9-7(11)4-6(5-8(9)12)20(17,18)16-10-13-2-3-14-15-10/h2-5H,12H2,1H3,(H,13,15,16). The molecule has 1 heterocycles. The van der Waals surface area contributed by atoms with Crippen molar-refractivity contribution in [3.8, 4) is 5.75 Å². The predicted octanol–water partition coefficient (Wildman–Crippen LogP) is 0.402. The maximum Gasteiger partial charge on any atom is 0.264 e. The van der Waals surface area contributed by atoms with Gasteiger partial charge in [-0.05, 0) is 12.1 Å². The van der Waals surface area contributed by atoms with Gasteiger partial charge in [-0.25, -0.2) is 22.5 Å². The van der Waals surface area contributed by atoms with E-state index in [-0.39, 0.29) is 22.3 Å². The first-order chi connectivity index (χ1) is 9.44. The van der Waals surface area contributed by atoms with Crippen molar-refractivity contribution < 1.29 is 17.5 Å². The Hall–Kier alpha value is -2.49. The smallest absolute Gasteiger partial charge is 0.264 e. The van der Waals surface area contributed by atoms with Gasteiger partial charge in [0.15, 0.2) is 11.6 Å². The lowest BCUT2D eigenvalue weighted by Gasteiger charge is -2.10.